The predicted molar refractivity (Wildman–Crippen MR) is 143 cm³/mol. The SMILES string of the molecule is CC(C)OC(=O)C1CN(Cc2ccc(-c3noc(C4C=CC(OC(C)C)=C(C#N)C4)n3)c3ccccc23)C1. The highest BCUT2D eigenvalue weighted by atomic mass is 16.5. The lowest BCUT2D eigenvalue weighted by molar-refractivity contribution is -0.158. The van der Waals surface area contributed by atoms with E-state index in [1.54, 1.807) is 0 Å². The van der Waals surface area contributed by atoms with Gasteiger partial charge in [-0.25, -0.2) is 0 Å². The lowest BCUT2D eigenvalue weighted by Crippen LogP contribution is -2.50. The molecule has 1 aliphatic carbocycles. The van der Waals surface area contributed by atoms with E-state index in [4.69, 9.17) is 19.0 Å². The summed E-state index contributed by atoms with van der Waals surface area (Å²) in [4.78, 5) is 19.1. The molecular weight excluding hydrogens is 480 g/mol. The third-order valence-electron chi connectivity index (χ3n) is 6.75. The average Bonchev–Trinajstić information content (AvgIpc) is 3.35. The van der Waals surface area contributed by atoms with Gasteiger partial charge in [0.15, 0.2) is 0 Å². The average molecular weight is 513 g/mol. The Hall–Kier alpha value is -3.96. The molecule has 196 valence electrons. The molecule has 2 aromatic carbocycles. The Bertz CT molecular complexity index is 1440. The number of benzene rings is 2. The van der Waals surface area contributed by atoms with Gasteiger partial charge in [0.1, 0.15) is 5.76 Å². The van der Waals surface area contributed by atoms with Crippen LogP contribution >= 0.6 is 0 Å². The second kappa shape index (κ2) is 10.8. The number of rotatable bonds is 8. The summed E-state index contributed by atoms with van der Waals surface area (Å²) in [6.07, 6.45) is 4.13. The van der Waals surface area contributed by atoms with Gasteiger partial charge < -0.3 is 14.0 Å². The van der Waals surface area contributed by atoms with Crippen molar-refractivity contribution in [3.05, 3.63) is 71.3 Å². The van der Waals surface area contributed by atoms with Crippen molar-refractivity contribution in [1.82, 2.24) is 15.0 Å². The van der Waals surface area contributed by atoms with Gasteiger partial charge >= 0.3 is 5.97 Å². The Morgan fingerprint density at radius 1 is 1.13 bits per heavy atom. The number of carbonyl (C=O) groups is 1. The first kappa shape index (κ1) is 25.7. The van der Waals surface area contributed by atoms with E-state index in [1.165, 1.54) is 5.56 Å². The monoisotopic (exact) mass is 512 g/mol. The first-order chi connectivity index (χ1) is 18.3. The lowest BCUT2D eigenvalue weighted by Gasteiger charge is -2.38. The highest BCUT2D eigenvalue weighted by Gasteiger charge is 2.34. The molecule has 38 heavy (non-hydrogen) atoms. The molecule has 0 bridgehead atoms. The summed E-state index contributed by atoms with van der Waals surface area (Å²) in [6, 6.07) is 14.6. The van der Waals surface area contributed by atoms with E-state index >= 15 is 0 Å². The van der Waals surface area contributed by atoms with Gasteiger partial charge in [-0.05, 0) is 50.1 Å². The largest absolute Gasteiger partial charge is 0.490 e. The van der Waals surface area contributed by atoms with E-state index in [1.807, 2.05) is 58.0 Å². The van der Waals surface area contributed by atoms with Gasteiger partial charge in [0.05, 0.1) is 35.7 Å². The molecule has 3 aromatic rings. The minimum atomic E-state index is -0.183. The summed E-state index contributed by atoms with van der Waals surface area (Å²) >= 11 is 0. The van der Waals surface area contributed by atoms with Crippen molar-refractivity contribution in [3.63, 3.8) is 0 Å². The maximum Gasteiger partial charge on any atom is 0.311 e. The standard InChI is InChI=1S/C30H32N4O4/c1-18(2)36-27-12-10-20(13-22(27)14-31)29-32-28(33-38-29)26-11-9-21(24-7-5-6-8-25(24)26)15-34-16-23(17-34)30(35)37-19(3)4/h5-12,18-20,23H,13,15-17H2,1-4H3. The molecule has 1 aromatic heterocycles. The summed E-state index contributed by atoms with van der Waals surface area (Å²) in [5, 5.41) is 16.1. The molecule has 2 aliphatic rings. The molecule has 1 fully saturated rings. The van der Waals surface area contributed by atoms with Crippen LogP contribution in [0.1, 0.15) is 51.5 Å². The van der Waals surface area contributed by atoms with Gasteiger partial charge in [-0.2, -0.15) is 10.2 Å². The van der Waals surface area contributed by atoms with Gasteiger partial charge in [-0.1, -0.05) is 47.6 Å². The summed E-state index contributed by atoms with van der Waals surface area (Å²) in [6.45, 7) is 9.78. The molecule has 1 saturated heterocycles. The number of nitriles is 1. The summed E-state index contributed by atoms with van der Waals surface area (Å²) < 4.78 is 16.8. The molecular formula is C30H32N4O4. The van der Waals surface area contributed by atoms with E-state index in [2.05, 4.69) is 34.3 Å². The maximum absolute atomic E-state index is 12.2. The van der Waals surface area contributed by atoms with E-state index in [0.29, 0.717) is 42.6 Å². The Morgan fingerprint density at radius 3 is 2.61 bits per heavy atom. The first-order valence-corrected chi connectivity index (χ1v) is 13.1. The van der Waals surface area contributed by atoms with Gasteiger partial charge in [-0.15, -0.1) is 0 Å². The maximum atomic E-state index is 12.2. The van der Waals surface area contributed by atoms with E-state index in [-0.39, 0.29) is 30.0 Å². The van der Waals surface area contributed by atoms with Crippen LogP contribution < -0.4 is 0 Å². The highest BCUT2D eigenvalue weighted by Crippen LogP contribution is 2.35. The van der Waals surface area contributed by atoms with Crippen LogP contribution in [0.2, 0.25) is 0 Å². The van der Waals surface area contributed by atoms with Crippen LogP contribution in [0.4, 0.5) is 0 Å². The number of hydrogen-bond acceptors (Lipinski definition) is 8. The molecule has 1 unspecified atom stereocenters. The number of likely N-dealkylation sites (tertiary alicyclic amines) is 1. The smallest absolute Gasteiger partial charge is 0.311 e. The molecule has 0 spiro atoms. The molecule has 8 nitrogen and oxygen atoms in total. The number of carbonyl (C=O) groups excluding carboxylic acids is 1. The zero-order chi connectivity index (χ0) is 26.8. The van der Waals surface area contributed by atoms with Gasteiger partial charge in [-0.3, -0.25) is 9.69 Å². The molecule has 0 saturated carbocycles. The number of hydrogen-bond donors (Lipinski definition) is 0. The van der Waals surface area contributed by atoms with Gasteiger partial charge in [0.25, 0.3) is 0 Å². The molecule has 1 atom stereocenters. The predicted octanol–water partition coefficient (Wildman–Crippen LogP) is 5.52. The van der Waals surface area contributed by atoms with Crippen LogP contribution in [0.3, 0.4) is 0 Å². The molecule has 1 aliphatic heterocycles. The topological polar surface area (TPSA) is 101 Å². The summed E-state index contributed by atoms with van der Waals surface area (Å²) in [5.74, 6) is 1.24. The second-order valence-electron chi connectivity index (χ2n) is 10.4. The molecule has 2 heterocycles. The summed E-state index contributed by atoms with van der Waals surface area (Å²) in [5.41, 5.74) is 2.65. The van der Waals surface area contributed by atoms with E-state index in [0.717, 1.165) is 22.9 Å². The fourth-order valence-electron chi connectivity index (χ4n) is 4.93. The van der Waals surface area contributed by atoms with Crippen molar-refractivity contribution in [2.45, 2.75) is 58.8 Å². The number of allylic oxidation sites excluding steroid dienone is 3. The first-order valence-electron chi connectivity index (χ1n) is 13.1. The number of nitrogens with zero attached hydrogens (tertiary/aromatic N) is 4. The van der Waals surface area contributed by atoms with Gasteiger partial charge in [0.2, 0.25) is 11.7 Å². The third-order valence-corrected chi connectivity index (χ3v) is 6.75. The normalized spacial score (nSPS) is 18.2. The molecule has 5 rings (SSSR count). The van der Waals surface area contributed by atoms with Crippen molar-refractivity contribution < 1.29 is 18.8 Å². The highest BCUT2D eigenvalue weighted by molar-refractivity contribution is 5.97. The minimum Gasteiger partial charge on any atom is -0.490 e. The van der Waals surface area contributed by atoms with E-state index in [9.17, 15) is 10.1 Å². The Balaban J connectivity index is 1.33. The van der Waals surface area contributed by atoms with Crippen LogP contribution in [-0.4, -0.2) is 46.3 Å². The van der Waals surface area contributed by atoms with Crippen LogP contribution in [0.15, 0.2) is 64.4 Å². The molecule has 8 heteroatoms. The molecule has 0 N–H and O–H groups in total. The van der Waals surface area contributed by atoms with E-state index < -0.39 is 0 Å². The number of aromatic nitrogens is 2. The quantitative estimate of drug-likeness (QED) is 0.364. The van der Waals surface area contributed by atoms with Crippen LogP contribution in [-0.2, 0) is 20.8 Å². The van der Waals surface area contributed by atoms with Crippen LogP contribution in [0.5, 0.6) is 0 Å². The minimum absolute atomic E-state index is 0.00953. The zero-order valence-electron chi connectivity index (χ0n) is 22.2. The van der Waals surface area contributed by atoms with Crippen molar-refractivity contribution in [2.75, 3.05) is 13.1 Å². The van der Waals surface area contributed by atoms with Crippen molar-refractivity contribution in [3.8, 4) is 17.5 Å². The zero-order valence-corrected chi connectivity index (χ0v) is 22.2. The van der Waals surface area contributed by atoms with Crippen molar-refractivity contribution in [1.29, 1.82) is 5.26 Å². The fourth-order valence-corrected chi connectivity index (χ4v) is 4.93. The van der Waals surface area contributed by atoms with Crippen molar-refractivity contribution >= 4 is 16.7 Å². The third kappa shape index (κ3) is 5.34. The molecule has 0 radical (unpaired) electrons. The Morgan fingerprint density at radius 2 is 1.89 bits per heavy atom. The molecule has 0 amide bonds. The lowest BCUT2D eigenvalue weighted by atomic mass is 9.93. The van der Waals surface area contributed by atoms with Gasteiger partial charge in [0, 0.05) is 31.6 Å². The van der Waals surface area contributed by atoms with Crippen LogP contribution in [0, 0.1) is 17.2 Å². The Kier molecular flexibility index (Phi) is 7.30. The number of esters is 1. The summed E-state index contributed by atoms with van der Waals surface area (Å²) in [7, 11) is 0. The van der Waals surface area contributed by atoms with Crippen LogP contribution in [0.25, 0.3) is 22.2 Å². The number of fused-ring (bicyclic) bond motifs is 1. The second-order valence-corrected chi connectivity index (χ2v) is 10.4. The Labute approximate surface area is 222 Å². The van der Waals surface area contributed by atoms with Crippen molar-refractivity contribution in [2.24, 2.45) is 5.92 Å². The number of ether oxygens (including phenoxy) is 2. The fraction of sp³-hybridized carbons (Fsp3) is 0.400.